The molecule has 1 aliphatic heterocycles. The Hall–Kier alpha value is -1.52. The normalized spacial score (nSPS) is 16.9. The lowest BCUT2D eigenvalue weighted by Gasteiger charge is -2.27. The van der Waals surface area contributed by atoms with E-state index in [9.17, 15) is 0 Å². The second-order valence-electron chi connectivity index (χ2n) is 5.05. The molecule has 3 rings (SSSR count). The second kappa shape index (κ2) is 5.23. The van der Waals surface area contributed by atoms with Crippen LogP contribution in [-0.4, -0.2) is 38.2 Å². The van der Waals surface area contributed by atoms with Crippen molar-refractivity contribution in [1.82, 2.24) is 10.2 Å². The highest BCUT2D eigenvalue weighted by molar-refractivity contribution is 5.87. The van der Waals surface area contributed by atoms with Crippen molar-refractivity contribution < 1.29 is 9.15 Å². The van der Waals surface area contributed by atoms with Gasteiger partial charge in [-0.25, -0.2) is 0 Å². The molecule has 19 heavy (non-hydrogen) atoms. The van der Waals surface area contributed by atoms with Gasteiger partial charge in [0.25, 0.3) is 0 Å². The summed E-state index contributed by atoms with van der Waals surface area (Å²) in [4.78, 5) is 2.47. The van der Waals surface area contributed by atoms with E-state index in [0.29, 0.717) is 0 Å². The van der Waals surface area contributed by atoms with Crippen molar-refractivity contribution in [1.29, 1.82) is 0 Å². The zero-order valence-corrected chi connectivity index (χ0v) is 11.5. The number of methoxy groups -OCH3 is 1. The summed E-state index contributed by atoms with van der Waals surface area (Å²) in [5.74, 6) is 1.74. The first-order valence-electron chi connectivity index (χ1n) is 6.77. The van der Waals surface area contributed by atoms with Gasteiger partial charge < -0.3 is 14.5 Å². The lowest BCUT2D eigenvalue weighted by Crippen LogP contribution is -2.42. The molecular weight excluding hydrogens is 240 g/mol. The molecule has 0 aliphatic carbocycles. The van der Waals surface area contributed by atoms with Crippen LogP contribution >= 0.6 is 0 Å². The van der Waals surface area contributed by atoms with Crippen LogP contribution in [0.1, 0.15) is 11.3 Å². The zero-order valence-electron chi connectivity index (χ0n) is 11.5. The van der Waals surface area contributed by atoms with Gasteiger partial charge in [-0.2, -0.15) is 0 Å². The summed E-state index contributed by atoms with van der Waals surface area (Å²) in [5, 5.41) is 4.56. The molecule has 4 heteroatoms. The summed E-state index contributed by atoms with van der Waals surface area (Å²) in [6.45, 7) is 7.30. The standard InChI is InChI=1S/C15H20N2O2/c1-11-9-13-12(10-17-7-5-16-6-8-17)3-4-14(18-2)15(13)19-11/h3-4,9,16H,5-8,10H2,1-2H3. The van der Waals surface area contributed by atoms with E-state index in [2.05, 4.69) is 22.3 Å². The molecular formula is C15H20N2O2. The summed E-state index contributed by atoms with van der Waals surface area (Å²) >= 11 is 0. The van der Waals surface area contributed by atoms with E-state index >= 15 is 0 Å². The first-order chi connectivity index (χ1) is 9.28. The molecule has 1 aliphatic rings. The minimum atomic E-state index is 0.812. The number of ether oxygens (including phenoxy) is 1. The zero-order chi connectivity index (χ0) is 13.2. The fourth-order valence-corrected chi connectivity index (χ4v) is 2.69. The summed E-state index contributed by atoms with van der Waals surface area (Å²) in [7, 11) is 1.68. The maximum Gasteiger partial charge on any atom is 0.176 e. The number of rotatable bonds is 3. The Labute approximate surface area is 113 Å². The van der Waals surface area contributed by atoms with Crippen LogP contribution in [0.2, 0.25) is 0 Å². The van der Waals surface area contributed by atoms with Crippen molar-refractivity contribution in [2.24, 2.45) is 0 Å². The van der Waals surface area contributed by atoms with Crippen LogP contribution in [-0.2, 0) is 6.54 Å². The topological polar surface area (TPSA) is 37.6 Å². The number of nitrogens with zero attached hydrogens (tertiary/aromatic N) is 1. The van der Waals surface area contributed by atoms with Gasteiger partial charge in [0, 0.05) is 38.1 Å². The molecule has 1 N–H and O–H groups in total. The van der Waals surface area contributed by atoms with Crippen LogP contribution in [0.4, 0.5) is 0 Å². The van der Waals surface area contributed by atoms with E-state index in [-0.39, 0.29) is 0 Å². The summed E-state index contributed by atoms with van der Waals surface area (Å²) in [5.41, 5.74) is 2.18. The smallest absolute Gasteiger partial charge is 0.176 e. The highest BCUT2D eigenvalue weighted by Crippen LogP contribution is 2.31. The van der Waals surface area contributed by atoms with Gasteiger partial charge in [0.05, 0.1) is 7.11 Å². The second-order valence-corrected chi connectivity index (χ2v) is 5.05. The Balaban J connectivity index is 1.94. The average molecular weight is 260 g/mol. The number of hydrogen-bond acceptors (Lipinski definition) is 4. The van der Waals surface area contributed by atoms with Crippen LogP contribution in [0, 0.1) is 6.92 Å². The van der Waals surface area contributed by atoms with Crippen molar-refractivity contribution in [2.45, 2.75) is 13.5 Å². The van der Waals surface area contributed by atoms with Gasteiger partial charge >= 0.3 is 0 Å². The van der Waals surface area contributed by atoms with Crippen molar-refractivity contribution in [3.8, 4) is 5.75 Å². The number of aryl methyl sites for hydroxylation is 1. The van der Waals surface area contributed by atoms with Gasteiger partial charge in [-0.3, -0.25) is 4.90 Å². The van der Waals surface area contributed by atoms with Gasteiger partial charge in [-0.1, -0.05) is 6.07 Å². The maximum absolute atomic E-state index is 5.76. The fourth-order valence-electron chi connectivity index (χ4n) is 2.69. The fraction of sp³-hybridized carbons (Fsp3) is 0.467. The molecule has 2 heterocycles. The number of furan rings is 1. The molecule has 0 bridgehead atoms. The summed E-state index contributed by atoms with van der Waals surface area (Å²) in [6.07, 6.45) is 0. The minimum Gasteiger partial charge on any atom is -0.493 e. The molecule has 1 saturated heterocycles. The van der Waals surface area contributed by atoms with E-state index in [4.69, 9.17) is 9.15 Å². The van der Waals surface area contributed by atoms with Gasteiger partial charge in [0.15, 0.2) is 11.3 Å². The lowest BCUT2D eigenvalue weighted by molar-refractivity contribution is 0.234. The largest absolute Gasteiger partial charge is 0.493 e. The van der Waals surface area contributed by atoms with E-state index in [1.807, 2.05) is 13.0 Å². The third kappa shape index (κ3) is 2.46. The van der Waals surface area contributed by atoms with Crippen LogP contribution in [0.3, 0.4) is 0 Å². The van der Waals surface area contributed by atoms with Gasteiger partial charge in [0.2, 0.25) is 0 Å². The Morgan fingerprint density at radius 1 is 1.32 bits per heavy atom. The minimum absolute atomic E-state index is 0.812. The third-order valence-electron chi connectivity index (χ3n) is 3.68. The molecule has 0 saturated carbocycles. The Kier molecular flexibility index (Phi) is 3.44. The van der Waals surface area contributed by atoms with Gasteiger partial charge in [0.1, 0.15) is 5.76 Å². The van der Waals surface area contributed by atoms with Gasteiger partial charge in [-0.15, -0.1) is 0 Å². The Bertz CT molecular complexity index is 571. The summed E-state index contributed by atoms with van der Waals surface area (Å²) < 4.78 is 11.1. The van der Waals surface area contributed by atoms with Crippen molar-refractivity contribution in [3.63, 3.8) is 0 Å². The average Bonchev–Trinajstić information content (AvgIpc) is 2.82. The van der Waals surface area contributed by atoms with Crippen LogP contribution in [0.5, 0.6) is 5.75 Å². The molecule has 102 valence electrons. The van der Waals surface area contributed by atoms with Gasteiger partial charge in [-0.05, 0) is 24.6 Å². The number of nitrogens with one attached hydrogen (secondary N) is 1. The van der Waals surface area contributed by atoms with E-state index < -0.39 is 0 Å². The van der Waals surface area contributed by atoms with E-state index in [1.165, 1.54) is 10.9 Å². The molecule has 2 aromatic rings. The molecule has 1 aromatic heterocycles. The monoisotopic (exact) mass is 260 g/mol. The lowest BCUT2D eigenvalue weighted by atomic mass is 10.1. The van der Waals surface area contributed by atoms with E-state index in [0.717, 1.165) is 49.8 Å². The molecule has 0 unspecified atom stereocenters. The molecule has 0 spiro atoms. The van der Waals surface area contributed by atoms with Crippen molar-refractivity contribution >= 4 is 11.0 Å². The SMILES string of the molecule is COc1ccc(CN2CCNCC2)c2cc(C)oc12. The van der Waals surface area contributed by atoms with E-state index in [1.54, 1.807) is 7.11 Å². The third-order valence-corrected chi connectivity index (χ3v) is 3.68. The van der Waals surface area contributed by atoms with Crippen LogP contribution < -0.4 is 10.1 Å². The summed E-state index contributed by atoms with van der Waals surface area (Å²) in [6, 6.07) is 6.26. The quantitative estimate of drug-likeness (QED) is 0.917. The Morgan fingerprint density at radius 2 is 2.11 bits per heavy atom. The predicted octanol–water partition coefficient (Wildman–Crippen LogP) is 2.16. The van der Waals surface area contributed by atoms with Crippen LogP contribution in [0.15, 0.2) is 22.6 Å². The molecule has 1 fully saturated rings. The highest BCUT2D eigenvalue weighted by Gasteiger charge is 2.15. The predicted molar refractivity (Wildman–Crippen MR) is 75.6 cm³/mol. The Morgan fingerprint density at radius 3 is 2.84 bits per heavy atom. The van der Waals surface area contributed by atoms with Crippen LogP contribution in [0.25, 0.3) is 11.0 Å². The van der Waals surface area contributed by atoms with Crippen molar-refractivity contribution in [3.05, 3.63) is 29.5 Å². The molecule has 0 atom stereocenters. The maximum atomic E-state index is 5.76. The van der Waals surface area contributed by atoms with Crippen molar-refractivity contribution in [2.75, 3.05) is 33.3 Å². The number of fused-ring (bicyclic) bond motifs is 1. The molecule has 0 amide bonds. The number of hydrogen-bond donors (Lipinski definition) is 1. The molecule has 0 radical (unpaired) electrons. The first kappa shape index (κ1) is 12.5. The molecule has 1 aromatic carbocycles. The molecule has 4 nitrogen and oxygen atoms in total. The number of piperazine rings is 1. The highest BCUT2D eigenvalue weighted by atomic mass is 16.5. The number of benzene rings is 1. The first-order valence-corrected chi connectivity index (χ1v) is 6.77.